The standard InChI is InChI=1S/C10H17N3O/c1-8(2)10(14)12-9(3)6-13-5-4-11-7-13/h4-5,7-9H,6H2,1-3H3,(H,12,14)/t9-/m0/s1. The molecule has 4 nitrogen and oxygen atoms in total. The van der Waals surface area contributed by atoms with Crippen molar-refractivity contribution in [3.8, 4) is 0 Å². The zero-order chi connectivity index (χ0) is 10.6. The van der Waals surface area contributed by atoms with Crippen LogP contribution in [0.4, 0.5) is 0 Å². The molecule has 14 heavy (non-hydrogen) atoms. The molecule has 0 aliphatic carbocycles. The minimum atomic E-state index is 0.0419. The van der Waals surface area contributed by atoms with E-state index in [0.29, 0.717) is 0 Å². The normalized spacial score (nSPS) is 12.9. The van der Waals surface area contributed by atoms with E-state index in [4.69, 9.17) is 0 Å². The number of nitrogens with one attached hydrogen (secondary N) is 1. The van der Waals surface area contributed by atoms with Gasteiger partial charge in [0.25, 0.3) is 0 Å². The summed E-state index contributed by atoms with van der Waals surface area (Å²) in [6.45, 7) is 6.53. The molecule has 0 fully saturated rings. The van der Waals surface area contributed by atoms with Crippen molar-refractivity contribution in [3.05, 3.63) is 18.7 Å². The summed E-state index contributed by atoms with van der Waals surface area (Å²) in [5.74, 6) is 0.137. The Morgan fingerprint density at radius 2 is 2.21 bits per heavy atom. The first-order valence-electron chi connectivity index (χ1n) is 4.85. The molecule has 1 aromatic rings. The van der Waals surface area contributed by atoms with Gasteiger partial charge in [0, 0.05) is 30.9 Å². The van der Waals surface area contributed by atoms with E-state index < -0.39 is 0 Å². The largest absolute Gasteiger partial charge is 0.352 e. The molecule has 0 aliphatic heterocycles. The predicted molar refractivity (Wildman–Crippen MR) is 54.7 cm³/mol. The highest BCUT2D eigenvalue weighted by atomic mass is 16.1. The first-order chi connectivity index (χ1) is 6.59. The summed E-state index contributed by atoms with van der Waals surface area (Å²) in [5, 5.41) is 2.93. The van der Waals surface area contributed by atoms with E-state index in [2.05, 4.69) is 10.3 Å². The van der Waals surface area contributed by atoms with Gasteiger partial charge in [0.1, 0.15) is 0 Å². The van der Waals surface area contributed by atoms with Crippen molar-refractivity contribution in [3.63, 3.8) is 0 Å². The molecule has 1 atom stereocenters. The smallest absolute Gasteiger partial charge is 0.222 e. The van der Waals surface area contributed by atoms with Gasteiger partial charge in [-0.15, -0.1) is 0 Å². The number of nitrogens with zero attached hydrogens (tertiary/aromatic N) is 2. The first-order valence-corrected chi connectivity index (χ1v) is 4.85. The third-order valence-corrected chi connectivity index (χ3v) is 1.96. The maximum Gasteiger partial charge on any atom is 0.222 e. The molecule has 0 saturated heterocycles. The van der Waals surface area contributed by atoms with Crippen LogP contribution < -0.4 is 5.32 Å². The zero-order valence-electron chi connectivity index (χ0n) is 8.90. The lowest BCUT2D eigenvalue weighted by atomic mass is 10.2. The summed E-state index contributed by atoms with van der Waals surface area (Å²) in [5.41, 5.74) is 0. The molecule has 0 radical (unpaired) electrons. The van der Waals surface area contributed by atoms with Crippen LogP contribution in [-0.2, 0) is 11.3 Å². The summed E-state index contributed by atoms with van der Waals surface area (Å²) in [4.78, 5) is 15.3. The van der Waals surface area contributed by atoms with Crippen LogP contribution in [0, 0.1) is 5.92 Å². The number of carbonyl (C=O) groups is 1. The molecular formula is C10H17N3O. The fraction of sp³-hybridized carbons (Fsp3) is 0.600. The molecule has 0 bridgehead atoms. The number of rotatable bonds is 4. The number of imidazole rings is 1. The van der Waals surface area contributed by atoms with Crippen molar-refractivity contribution >= 4 is 5.91 Å². The van der Waals surface area contributed by atoms with E-state index in [9.17, 15) is 4.79 Å². The summed E-state index contributed by atoms with van der Waals surface area (Å²) in [6, 6.07) is 0.138. The molecule has 1 aromatic heterocycles. The highest BCUT2D eigenvalue weighted by Crippen LogP contribution is 1.95. The number of amides is 1. The Hall–Kier alpha value is -1.32. The topological polar surface area (TPSA) is 46.9 Å². The van der Waals surface area contributed by atoms with Gasteiger partial charge >= 0.3 is 0 Å². The Bertz CT molecular complexity index is 280. The van der Waals surface area contributed by atoms with Crippen molar-refractivity contribution in [2.75, 3.05) is 0 Å². The average Bonchev–Trinajstić information content (AvgIpc) is 2.56. The summed E-state index contributed by atoms with van der Waals surface area (Å²) in [6.07, 6.45) is 5.37. The van der Waals surface area contributed by atoms with E-state index >= 15 is 0 Å². The maximum atomic E-state index is 11.3. The fourth-order valence-corrected chi connectivity index (χ4v) is 1.17. The van der Waals surface area contributed by atoms with Crippen molar-refractivity contribution in [2.45, 2.75) is 33.4 Å². The van der Waals surface area contributed by atoms with Crippen LogP contribution in [0.15, 0.2) is 18.7 Å². The lowest BCUT2D eigenvalue weighted by molar-refractivity contribution is -0.124. The molecule has 0 aliphatic rings. The van der Waals surface area contributed by atoms with Crippen LogP contribution in [0.1, 0.15) is 20.8 Å². The Balaban J connectivity index is 2.36. The number of carbonyl (C=O) groups excluding carboxylic acids is 1. The van der Waals surface area contributed by atoms with Crippen LogP contribution in [0.2, 0.25) is 0 Å². The van der Waals surface area contributed by atoms with E-state index in [1.54, 1.807) is 12.5 Å². The van der Waals surface area contributed by atoms with Gasteiger partial charge in [-0.1, -0.05) is 13.8 Å². The summed E-state index contributed by atoms with van der Waals surface area (Å²) in [7, 11) is 0. The summed E-state index contributed by atoms with van der Waals surface area (Å²) < 4.78 is 1.95. The lowest BCUT2D eigenvalue weighted by Gasteiger charge is -2.15. The van der Waals surface area contributed by atoms with Gasteiger partial charge in [-0.2, -0.15) is 0 Å². The second kappa shape index (κ2) is 4.79. The molecule has 0 saturated carbocycles. The molecule has 1 rings (SSSR count). The Kier molecular flexibility index (Phi) is 3.68. The molecule has 1 amide bonds. The highest BCUT2D eigenvalue weighted by Gasteiger charge is 2.10. The van der Waals surface area contributed by atoms with Crippen molar-refractivity contribution in [1.82, 2.24) is 14.9 Å². The Morgan fingerprint density at radius 3 is 2.71 bits per heavy atom. The summed E-state index contributed by atoms with van der Waals surface area (Å²) >= 11 is 0. The molecule has 0 unspecified atom stereocenters. The number of hydrogen-bond donors (Lipinski definition) is 1. The fourth-order valence-electron chi connectivity index (χ4n) is 1.17. The SMILES string of the molecule is CC(C)C(=O)N[C@@H](C)Cn1ccnc1. The van der Waals surface area contributed by atoms with Crippen molar-refractivity contribution in [1.29, 1.82) is 0 Å². The van der Waals surface area contributed by atoms with E-state index in [-0.39, 0.29) is 17.9 Å². The van der Waals surface area contributed by atoms with Crippen LogP contribution in [-0.4, -0.2) is 21.5 Å². The van der Waals surface area contributed by atoms with Gasteiger partial charge in [0.2, 0.25) is 5.91 Å². The van der Waals surface area contributed by atoms with Gasteiger partial charge in [-0.25, -0.2) is 4.98 Å². The predicted octanol–water partition coefficient (Wildman–Crippen LogP) is 1.04. The monoisotopic (exact) mass is 195 g/mol. The third kappa shape index (κ3) is 3.20. The molecule has 0 spiro atoms. The van der Waals surface area contributed by atoms with Crippen LogP contribution in [0.3, 0.4) is 0 Å². The first kappa shape index (κ1) is 10.8. The Labute approximate surface area is 84.3 Å². The molecular weight excluding hydrogens is 178 g/mol. The minimum Gasteiger partial charge on any atom is -0.352 e. The molecule has 1 heterocycles. The quantitative estimate of drug-likeness (QED) is 0.780. The van der Waals surface area contributed by atoms with E-state index in [1.807, 2.05) is 31.5 Å². The van der Waals surface area contributed by atoms with Crippen LogP contribution >= 0.6 is 0 Å². The molecule has 0 aromatic carbocycles. The van der Waals surface area contributed by atoms with E-state index in [0.717, 1.165) is 6.54 Å². The zero-order valence-corrected chi connectivity index (χ0v) is 8.90. The molecule has 78 valence electrons. The number of aromatic nitrogens is 2. The second-order valence-electron chi connectivity index (χ2n) is 3.82. The second-order valence-corrected chi connectivity index (χ2v) is 3.82. The van der Waals surface area contributed by atoms with E-state index in [1.165, 1.54) is 0 Å². The maximum absolute atomic E-state index is 11.3. The van der Waals surface area contributed by atoms with Gasteiger partial charge in [0.15, 0.2) is 0 Å². The Morgan fingerprint density at radius 1 is 1.50 bits per heavy atom. The minimum absolute atomic E-state index is 0.0419. The molecule has 4 heteroatoms. The third-order valence-electron chi connectivity index (χ3n) is 1.96. The van der Waals surface area contributed by atoms with Crippen LogP contribution in [0.25, 0.3) is 0 Å². The van der Waals surface area contributed by atoms with Gasteiger partial charge in [0.05, 0.1) is 6.33 Å². The lowest BCUT2D eigenvalue weighted by Crippen LogP contribution is -2.37. The molecule has 1 N–H and O–H groups in total. The van der Waals surface area contributed by atoms with Crippen molar-refractivity contribution in [2.24, 2.45) is 5.92 Å². The van der Waals surface area contributed by atoms with Gasteiger partial charge in [-0.3, -0.25) is 4.79 Å². The average molecular weight is 195 g/mol. The van der Waals surface area contributed by atoms with Crippen molar-refractivity contribution < 1.29 is 4.79 Å². The highest BCUT2D eigenvalue weighted by molar-refractivity contribution is 5.78. The van der Waals surface area contributed by atoms with Gasteiger partial charge < -0.3 is 9.88 Å². The van der Waals surface area contributed by atoms with Gasteiger partial charge in [-0.05, 0) is 6.92 Å². The number of hydrogen-bond acceptors (Lipinski definition) is 2. The van der Waals surface area contributed by atoms with Crippen LogP contribution in [0.5, 0.6) is 0 Å².